The van der Waals surface area contributed by atoms with Gasteiger partial charge in [0.2, 0.25) is 0 Å². The van der Waals surface area contributed by atoms with Crippen molar-refractivity contribution in [3.05, 3.63) is 53.7 Å². The van der Waals surface area contributed by atoms with E-state index in [0.29, 0.717) is 5.88 Å². The van der Waals surface area contributed by atoms with Crippen LogP contribution in [0.4, 0.5) is 11.5 Å². The van der Waals surface area contributed by atoms with Gasteiger partial charge in [-0.2, -0.15) is 0 Å². The first-order valence-corrected chi connectivity index (χ1v) is 7.29. The van der Waals surface area contributed by atoms with E-state index in [-0.39, 0.29) is 0 Å². The van der Waals surface area contributed by atoms with Crippen molar-refractivity contribution in [2.24, 2.45) is 0 Å². The van der Waals surface area contributed by atoms with Crippen molar-refractivity contribution < 1.29 is 0 Å². The molecule has 3 rings (SSSR count). The molecule has 0 saturated heterocycles. The van der Waals surface area contributed by atoms with Gasteiger partial charge in [0, 0.05) is 12.2 Å². The molecule has 0 fully saturated rings. The van der Waals surface area contributed by atoms with Gasteiger partial charge in [-0.15, -0.1) is 11.6 Å². The monoisotopic (exact) mass is 272 g/mol. The molecule has 98 valence electrons. The minimum absolute atomic E-state index is 0.462. The summed E-state index contributed by atoms with van der Waals surface area (Å²) < 4.78 is 0. The molecule has 0 radical (unpaired) electrons. The summed E-state index contributed by atoms with van der Waals surface area (Å²) in [6.45, 7) is 1.02. The number of fused-ring (bicyclic) bond motifs is 1. The van der Waals surface area contributed by atoms with Gasteiger partial charge in [-0.05, 0) is 43.0 Å². The molecule has 0 spiro atoms. The van der Waals surface area contributed by atoms with Crippen molar-refractivity contribution in [2.45, 2.75) is 25.1 Å². The van der Waals surface area contributed by atoms with Crippen molar-refractivity contribution >= 4 is 23.1 Å². The fourth-order valence-corrected chi connectivity index (χ4v) is 2.77. The lowest BCUT2D eigenvalue weighted by molar-refractivity contribution is 0.757. The predicted octanol–water partition coefficient (Wildman–Crippen LogP) is 4.29. The third-order valence-corrected chi connectivity index (χ3v) is 3.84. The van der Waals surface area contributed by atoms with Gasteiger partial charge < -0.3 is 4.90 Å². The summed E-state index contributed by atoms with van der Waals surface area (Å²) in [6.07, 6.45) is 3.59. The van der Waals surface area contributed by atoms with E-state index in [4.69, 9.17) is 11.6 Å². The molecule has 2 heterocycles. The normalized spacial score (nSPS) is 14.9. The van der Waals surface area contributed by atoms with Gasteiger partial charge in [-0.25, -0.2) is 4.98 Å². The Morgan fingerprint density at radius 2 is 1.95 bits per heavy atom. The zero-order chi connectivity index (χ0) is 13.1. The van der Waals surface area contributed by atoms with Crippen LogP contribution in [0.5, 0.6) is 0 Å². The number of para-hydroxylation sites is 1. The van der Waals surface area contributed by atoms with Crippen LogP contribution in [0, 0.1) is 0 Å². The number of aryl methyl sites for hydroxylation is 1. The highest BCUT2D eigenvalue weighted by Gasteiger charge is 2.17. The van der Waals surface area contributed by atoms with Gasteiger partial charge >= 0.3 is 0 Å². The van der Waals surface area contributed by atoms with Crippen LogP contribution in [0.25, 0.3) is 0 Å². The van der Waals surface area contributed by atoms with E-state index in [2.05, 4.69) is 40.2 Å². The molecule has 0 bridgehead atoms. The molecule has 0 atom stereocenters. The minimum Gasteiger partial charge on any atom is -0.326 e. The molecule has 1 aromatic heterocycles. The van der Waals surface area contributed by atoms with E-state index in [1.807, 2.05) is 12.1 Å². The zero-order valence-electron chi connectivity index (χ0n) is 10.8. The number of aromatic nitrogens is 1. The molecule has 0 saturated carbocycles. The fraction of sp³-hybridized carbons (Fsp3) is 0.312. The number of nitrogens with zero attached hydrogens (tertiary/aromatic N) is 2. The van der Waals surface area contributed by atoms with Crippen LogP contribution >= 0.6 is 11.6 Å². The van der Waals surface area contributed by atoms with Crippen molar-refractivity contribution in [3.8, 4) is 0 Å². The van der Waals surface area contributed by atoms with E-state index in [1.165, 1.54) is 24.1 Å². The quantitative estimate of drug-likeness (QED) is 0.758. The standard InChI is InChI=1S/C16H17ClN2/c17-12-14-8-5-10-16(18-14)19-11-4-3-7-13-6-1-2-9-15(13)19/h1-2,5-6,8-10H,3-4,7,11-12H2. The molecular formula is C16H17ClN2. The SMILES string of the molecule is ClCc1cccc(N2CCCCc3ccccc32)n1. The van der Waals surface area contributed by atoms with Gasteiger partial charge in [0.1, 0.15) is 5.82 Å². The summed E-state index contributed by atoms with van der Waals surface area (Å²) in [6, 6.07) is 14.7. The number of anilines is 2. The topological polar surface area (TPSA) is 16.1 Å². The number of rotatable bonds is 2. The predicted molar refractivity (Wildman–Crippen MR) is 80.2 cm³/mol. The van der Waals surface area contributed by atoms with E-state index < -0.39 is 0 Å². The number of halogens is 1. The molecule has 1 aliphatic rings. The summed E-state index contributed by atoms with van der Waals surface area (Å²) in [5.74, 6) is 1.47. The first-order chi connectivity index (χ1) is 9.38. The Kier molecular flexibility index (Phi) is 3.69. The number of pyridine rings is 1. The molecule has 1 aliphatic heterocycles. The average molecular weight is 273 g/mol. The molecule has 3 heteroatoms. The number of hydrogen-bond acceptors (Lipinski definition) is 2. The summed E-state index contributed by atoms with van der Waals surface area (Å²) in [7, 11) is 0. The highest BCUT2D eigenvalue weighted by Crippen LogP contribution is 2.31. The molecule has 0 aliphatic carbocycles. The van der Waals surface area contributed by atoms with Crippen LogP contribution in [0.2, 0.25) is 0 Å². The van der Waals surface area contributed by atoms with Crippen LogP contribution in [0.15, 0.2) is 42.5 Å². The zero-order valence-corrected chi connectivity index (χ0v) is 11.6. The maximum atomic E-state index is 5.89. The third-order valence-electron chi connectivity index (χ3n) is 3.57. The lowest BCUT2D eigenvalue weighted by atomic mass is 10.1. The first-order valence-electron chi connectivity index (χ1n) is 6.76. The van der Waals surface area contributed by atoms with Gasteiger partial charge in [-0.1, -0.05) is 24.3 Å². The highest BCUT2D eigenvalue weighted by atomic mass is 35.5. The third kappa shape index (κ3) is 2.59. The van der Waals surface area contributed by atoms with Gasteiger partial charge in [-0.3, -0.25) is 0 Å². The van der Waals surface area contributed by atoms with Crippen LogP contribution in [-0.4, -0.2) is 11.5 Å². The van der Waals surface area contributed by atoms with Crippen molar-refractivity contribution in [1.29, 1.82) is 0 Å². The average Bonchev–Trinajstić information content (AvgIpc) is 2.69. The molecule has 2 nitrogen and oxygen atoms in total. The van der Waals surface area contributed by atoms with Crippen LogP contribution in [0.1, 0.15) is 24.1 Å². The largest absolute Gasteiger partial charge is 0.326 e. The Balaban J connectivity index is 2.03. The fourth-order valence-electron chi connectivity index (χ4n) is 2.62. The number of hydrogen-bond donors (Lipinski definition) is 0. The Bertz CT molecular complexity index is 568. The van der Waals surface area contributed by atoms with E-state index in [1.54, 1.807) is 0 Å². The summed E-state index contributed by atoms with van der Waals surface area (Å²) >= 11 is 5.89. The summed E-state index contributed by atoms with van der Waals surface area (Å²) in [4.78, 5) is 6.97. The Hall–Kier alpha value is -1.54. The van der Waals surface area contributed by atoms with E-state index >= 15 is 0 Å². The minimum atomic E-state index is 0.462. The Morgan fingerprint density at radius 1 is 1.05 bits per heavy atom. The number of benzene rings is 1. The van der Waals surface area contributed by atoms with E-state index in [0.717, 1.165) is 24.5 Å². The van der Waals surface area contributed by atoms with Gasteiger partial charge in [0.05, 0.1) is 11.6 Å². The lowest BCUT2D eigenvalue weighted by Crippen LogP contribution is -2.19. The molecule has 19 heavy (non-hydrogen) atoms. The first kappa shape index (κ1) is 12.5. The maximum absolute atomic E-state index is 5.89. The smallest absolute Gasteiger partial charge is 0.133 e. The van der Waals surface area contributed by atoms with Crippen molar-refractivity contribution in [2.75, 3.05) is 11.4 Å². The summed E-state index contributed by atoms with van der Waals surface area (Å²) in [5.41, 5.74) is 3.64. The lowest BCUT2D eigenvalue weighted by Gasteiger charge is -2.24. The second-order valence-corrected chi connectivity index (χ2v) is 5.13. The van der Waals surface area contributed by atoms with E-state index in [9.17, 15) is 0 Å². The maximum Gasteiger partial charge on any atom is 0.133 e. The van der Waals surface area contributed by atoms with Gasteiger partial charge in [0.25, 0.3) is 0 Å². The highest BCUT2D eigenvalue weighted by molar-refractivity contribution is 6.16. The molecule has 2 aromatic rings. The second kappa shape index (κ2) is 5.62. The number of alkyl halides is 1. The summed E-state index contributed by atoms with van der Waals surface area (Å²) in [5, 5.41) is 0. The molecule has 0 amide bonds. The molecular weight excluding hydrogens is 256 g/mol. The molecule has 0 N–H and O–H groups in total. The van der Waals surface area contributed by atoms with Crippen LogP contribution in [-0.2, 0) is 12.3 Å². The van der Waals surface area contributed by atoms with Gasteiger partial charge in [0.15, 0.2) is 0 Å². The van der Waals surface area contributed by atoms with Crippen molar-refractivity contribution in [1.82, 2.24) is 4.98 Å². The molecule has 0 unspecified atom stereocenters. The Labute approximate surface area is 119 Å². The Morgan fingerprint density at radius 3 is 2.84 bits per heavy atom. The second-order valence-electron chi connectivity index (χ2n) is 4.86. The molecule has 1 aromatic carbocycles. The van der Waals surface area contributed by atoms with Crippen LogP contribution in [0.3, 0.4) is 0 Å². The van der Waals surface area contributed by atoms with Crippen LogP contribution < -0.4 is 4.90 Å². The van der Waals surface area contributed by atoms with Crippen molar-refractivity contribution in [3.63, 3.8) is 0 Å².